The number of halogens is 3. The van der Waals surface area contributed by atoms with Gasteiger partial charge in [-0.15, -0.1) is 0 Å². The SMILES string of the molecule is COC(=O)c1c(C(F)F)ncc(N)c1Br. The summed E-state index contributed by atoms with van der Waals surface area (Å²) in [7, 11) is 1.09. The van der Waals surface area contributed by atoms with Gasteiger partial charge < -0.3 is 10.5 Å². The predicted octanol–water partition coefficient (Wildman–Crippen LogP) is 2.15. The number of nitrogens with two attached hydrogens (primary N) is 1. The van der Waals surface area contributed by atoms with E-state index in [0.717, 1.165) is 13.3 Å². The monoisotopic (exact) mass is 280 g/mol. The van der Waals surface area contributed by atoms with E-state index in [1.807, 2.05) is 0 Å². The molecule has 2 N–H and O–H groups in total. The zero-order chi connectivity index (χ0) is 11.6. The summed E-state index contributed by atoms with van der Waals surface area (Å²) in [6, 6.07) is 0. The van der Waals surface area contributed by atoms with Crippen molar-refractivity contribution < 1.29 is 18.3 Å². The van der Waals surface area contributed by atoms with E-state index in [0.29, 0.717) is 0 Å². The zero-order valence-corrected chi connectivity index (χ0v) is 9.22. The van der Waals surface area contributed by atoms with E-state index in [1.165, 1.54) is 0 Å². The molecule has 0 aliphatic heterocycles. The van der Waals surface area contributed by atoms with E-state index in [2.05, 4.69) is 25.7 Å². The Kier molecular flexibility index (Phi) is 3.57. The quantitative estimate of drug-likeness (QED) is 0.843. The molecule has 0 bridgehead atoms. The Morgan fingerprint density at radius 3 is 2.73 bits per heavy atom. The number of nitrogens with zero attached hydrogens (tertiary/aromatic N) is 1. The van der Waals surface area contributed by atoms with Crippen LogP contribution in [0.3, 0.4) is 0 Å². The summed E-state index contributed by atoms with van der Waals surface area (Å²) in [5.41, 5.74) is 4.53. The summed E-state index contributed by atoms with van der Waals surface area (Å²) in [5, 5.41) is 0. The number of esters is 1. The van der Waals surface area contributed by atoms with Gasteiger partial charge in [-0.2, -0.15) is 0 Å². The molecule has 1 aromatic heterocycles. The lowest BCUT2D eigenvalue weighted by Gasteiger charge is -2.09. The van der Waals surface area contributed by atoms with E-state index in [4.69, 9.17) is 5.73 Å². The molecular formula is C8H7BrF2N2O2. The second-order valence-electron chi connectivity index (χ2n) is 2.58. The van der Waals surface area contributed by atoms with Crippen LogP contribution in [-0.2, 0) is 4.74 Å². The molecular weight excluding hydrogens is 274 g/mol. The Bertz CT molecular complexity index is 398. The highest BCUT2D eigenvalue weighted by atomic mass is 79.9. The molecule has 1 heterocycles. The third kappa shape index (κ3) is 2.23. The minimum atomic E-state index is -2.86. The molecule has 0 amide bonds. The Hall–Kier alpha value is -1.24. The summed E-state index contributed by atoms with van der Waals surface area (Å²) in [4.78, 5) is 14.6. The number of methoxy groups -OCH3 is 1. The highest BCUT2D eigenvalue weighted by Gasteiger charge is 2.24. The van der Waals surface area contributed by atoms with Crippen molar-refractivity contribution in [3.8, 4) is 0 Å². The van der Waals surface area contributed by atoms with Crippen molar-refractivity contribution in [1.29, 1.82) is 0 Å². The topological polar surface area (TPSA) is 65.2 Å². The third-order valence-corrected chi connectivity index (χ3v) is 2.52. The minimum absolute atomic E-state index is 0.0691. The first-order valence-corrected chi connectivity index (χ1v) is 4.58. The van der Waals surface area contributed by atoms with Gasteiger partial charge in [0, 0.05) is 0 Å². The first kappa shape index (κ1) is 11.8. The van der Waals surface area contributed by atoms with Crippen LogP contribution >= 0.6 is 15.9 Å². The van der Waals surface area contributed by atoms with Crippen molar-refractivity contribution in [3.63, 3.8) is 0 Å². The van der Waals surface area contributed by atoms with Crippen molar-refractivity contribution in [3.05, 3.63) is 21.9 Å². The third-order valence-electron chi connectivity index (χ3n) is 1.67. The van der Waals surface area contributed by atoms with Crippen LogP contribution in [0.25, 0.3) is 0 Å². The van der Waals surface area contributed by atoms with Gasteiger partial charge in [0.25, 0.3) is 6.43 Å². The molecule has 0 spiro atoms. The molecule has 0 radical (unpaired) electrons. The van der Waals surface area contributed by atoms with Gasteiger partial charge in [-0.3, -0.25) is 4.98 Å². The fraction of sp³-hybridized carbons (Fsp3) is 0.250. The maximum Gasteiger partial charge on any atom is 0.341 e. The van der Waals surface area contributed by atoms with E-state index in [9.17, 15) is 13.6 Å². The van der Waals surface area contributed by atoms with Crippen LogP contribution in [0.2, 0.25) is 0 Å². The number of hydrogen-bond acceptors (Lipinski definition) is 4. The molecule has 82 valence electrons. The molecule has 0 aliphatic carbocycles. The molecule has 0 saturated heterocycles. The van der Waals surface area contributed by atoms with E-state index in [-0.39, 0.29) is 15.7 Å². The fourth-order valence-corrected chi connectivity index (χ4v) is 1.45. The van der Waals surface area contributed by atoms with Gasteiger partial charge in [0.05, 0.1) is 23.5 Å². The lowest BCUT2D eigenvalue weighted by molar-refractivity contribution is 0.0586. The highest BCUT2D eigenvalue weighted by molar-refractivity contribution is 9.10. The molecule has 7 heteroatoms. The molecule has 0 atom stereocenters. The Morgan fingerprint density at radius 2 is 2.27 bits per heavy atom. The van der Waals surface area contributed by atoms with Gasteiger partial charge in [-0.1, -0.05) is 0 Å². The lowest BCUT2D eigenvalue weighted by atomic mass is 10.2. The Balaban J connectivity index is 3.41. The molecule has 0 aromatic carbocycles. The average molecular weight is 281 g/mol. The van der Waals surface area contributed by atoms with Gasteiger partial charge in [0.2, 0.25) is 0 Å². The maximum absolute atomic E-state index is 12.5. The summed E-state index contributed by atoms with van der Waals surface area (Å²) in [6.07, 6.45) is -1.81. The second kappa shape index (κ2) is 4.52. The first-order valence-electron chi connectivity index (χ1n) is 3.79. The number of nitrogen functional groups attached to an aromatic ring is 1. The molecule has 15 heavy (non-hydrogen) atoms. The number of alkyl halides is 2. The molecule has 1 aromatic rings. The fourth-order valence-electron chi connectivity index (χ4n) is 0.979. The highest BCUT2D eigenvalue weighted by Crippen LogP contribution is 2.31. The smallest absolute Gasteiger partial charge is 0.341 e. The number of aromatic nitrogens is 1. The number of hydrogen-bond donors (Lipinski definition) is 1. The van der Waals surface area contributed by atoms with E-state index < -0.39 is 18.1 Å². The van der Waals surface area contributed by atoms with Crippen LogP contribution in [0.4, 0.5) is 14.5 Å². The second-order valence-corrected chi connectivity index (χ2v) is 3.37. The number of carbonyl (C=O) groups excluding carboxylic acids is 1. The van der Waals surface area contributed by atoms with Gasteiger partial charge >= 0.3 is 5.97 Å². The Labute approximate surface area is 92.6 Å². The number of anilines is 1. The van der Waals surface area contributed by atoms with Gasteiger partial charge in [0.15, 0.2) is 0 Å². The first-order chi connectivity index (χ1) is 6.99. The largest absolute Gasteiger partial charge is 0.465 e. The van der Waals surface area contributed by atoms with Crippen LogP contribution in [-0.4, -0.2) is 18.1 Å². The van der Waals surface area contributed by atoms with Crippen molar-refractivity contribution in [1.82, 2.24) is 4.98 Å². The standard InChI is InChI=1S/C8H7BrF2N2O2/c1-15-8(14)4-5(9)3(12)2-13-6(4)7(10)11/h2,7H,12H2,1H3. The minimum Gasteiger partial charge on any atom is -0.465 e. The molecule has 0 unspecified atom stereocenters. The molecule has 0 saturated carbocycles. The Morgan fingerprint density at radius 1 is 1.67 bits per heavy atom. The summed E-state index contributed by atoms with van der Waals surface area (Å²) < 4.78 is 29.4. The normalized spacial score (nSPS) is 10.5. The van der Waals surface area contributed by atoms with Crippen LogP contribution in [0.15, 0.2) is 10.7 Å². The summed E-state index contributed by atoms with van der Waals surface area (Å²) in [6.45, 7) is 0. The van der Waals surface area contributed by atoms with Crippen molar-refractivity contribution in [2.75, 3.05) is 12.8 Å². The van der Waals surface area contributed by atoms with Crippen LogP contribution in [0.1, 0.15) is 22.5 Å². The van der Waals surface area contributed by atoms with Gasteiger partial charge in [-0.25, -0.2) is 13.6 Å². The van der Waals surface area contributed by atoms with Crippen molar-refractivity contribution >= 4 is 27.6 Å². The lowest BCUT2D eigenvalue weighted by Crippen LogP contribution is -2.10. The van der Waals surface area contributed by atoms with Crippen LogP contribution < -0.4 is 5.73 Å². The molecule has 4 nitrogen and oxygen atoms in total. The predicted molar refractivity (Wildman–Crippen MR) is 52.6 cm³/mol. The van der Waals surface area contributed by atoms with Crippen molar-refractivity contribution in [2.24, 2.45) is 0 Å². The van der Waals surface area contributed by atoms with Gasteiger partial charge in [-0.05, 0) is 15.9 Å². The summed E-state index contributed by atoms with van der Waals surface area (Å²) in [5.74, 6) is -0.906. The van der Waals surface area contributed by atoms with Crippen LogP contribution in [0, 0.1) is 0 Å². The summed E-state index contributed by atoms with van der Waals surface area (Å²) >= 11 is 2.94. The molecule has 1 rings (SSSR count). The number of pyridine rings is 1. The van der Waals surface area contributed by atoms with Crippen molar-refractivity contribution in [2.45, 2.75) is 6.43 Å². The number of ether oxygens (including phenoxy) is 1. The molecule has 0 aliphatic rings. The van der Waals surface area contributed by atoms with Gasteiger partial charge in [0.1, 0.15) is 11.3 Å². The number of carbonyl (C=O) groups is 1. The molecule has 0 fully saturated rings. The van der Waals surface area contributed by atoms with E-state index >= 15 is 0 Å². The average Bonchev–Trinajstić information content (AvgIpc) is 2.20. The number of rotatable bonds is 2. The van der Waals surface area contributed by atoms with E-state index in [1.54, 1.807) is 0 Å². The van der Waals surface area contributed by atoms with Crippen LogP contribution in [0.5, 0.6) is 0 Å². The zero-order valence-electron chi connectivity index (χ0n) is 7.63. The maximum atomic E-state index is 12.5.